The third-order valence-electron chi connectivity index (χ3n) is 4.26. The van der Waals surface area contributed by atoms with Gasteiger partial charge in [0.2, 0.25) is 0 Å². The molecule has 1 fully saturated rings. The molecular formula is C16H21ClN4S. The van der Waals surface area contributed by atoms with Crippen molar-refractivity contribution in [2.45, 2.75) is 19.5 Å². The Bertz CT molecular complexity index is 605. The van der Waals surface area contributed by atoms with E-state index < -0.39 is 0 Å². The molecule has 0 radical (unpaired) electrons. The number of nitrogens with two attached hydrogens (primary N) is 1. The second kappa shape index (κ2) is 6.96. The number of nitrogen functional groups attached to an aromatic ring is 1. The summed E-state index contributed by atoms with van der Waals surface area (Å²) in [7, 11) is 0. The van der Waals surface area contributed by atoms with Gasteiger partial charge >= 0.3 is 0 Å². The number of piperazine rings is 1. The summed E-state index contributed by atoms with van der Waals surface area (Å²) in [5.41, 5.74) is 7.02. The van der Waals surface area contributed by atoms with Crippen LogP contribution in [0, 0.1) is 0 Å². The average molecular weight is 337 g/mol. The lowest BCUT2D eigenvalue weighted by Gasteiger charge is -2.38. The van der Waals surface area contributed by atoms with Gasteiger partial charge in [-0.25, -0.2) is 4.98 Å². The van der Waals surface area contributed by atoms with E-state index in [-0.39, 0.29) is 0 Å². The second-order valence-electron chi connectivity index (χ2n) is 5.70. The van der Waals surface area contributed by atoms with Crippen LogP contribution in [-0.2, 0) is 6.54 Å². The average Bonchev–Trinajstić information content (AvgIpc) is 2.93. The largest absolute Gasteiger partial charge is 0.375 e. The molecular weight excluding hydrogens is 316 g/mol. The highest BCUT2D eigenvalue weighted by atomic mass is 35.5. The first-order chi connectivity index (χ1) is 10.6. The molecule has 118 valence electrons. The van der Waals surface area contributed by atoms with Crippen molar-refractivity contribution in [3.05, 3.63) is 45.9 Å². The Labute approximate surface area is 140 Å². The first kappa shape index (κ1) is 15.7. The molecule has 0 amide bonds. The molecule has 1 aliphatic heterocycles. The lowest BCUT2D eigenvalue weighted by Crippen LogP contribution is -2.46. The second-order valence-corrected chi connectivity index (χ2v) is 7.29. The standard InChI is InChI=1S/C16H21ClN4S/c1-12(13-2-4-14(17)5-3-13)21-8-6-20(7-9-21)11-15-10-19-16(18)22-15/h2-5,10,12H,6-9,11H2,1H3,(H2,18,19). The van der Waals surface area contributed by atoms with Crippen LogP contribution in [-0.4, -0.2) is 41.0 Å². The molecule has 4 nitrogen and oxygen atoms in total. The van der Waals surface area contributed by atoms with Gasteiger partial charge in [-0.15, -0.1) is 11.3 Å². The molecule has 1 aliphatic rings. The van der Waals surface area contributed by atoms with Crippen molar-refractivity contribution in [1.82, 2.24) is 14.8 Å². The highest BCUT2D eigenvalue weighted by Crippen LogP contribution is 2.24. The van der Waals surface area contributed by atoms with E-state index in [0.717, 1.165) is 37.7 Å². The van der Waals surface area contributed by atoms with Crippen molar-refractivity contribution in [2.24, 2.45) is 0 Å². The highest BCUT2D eigenvalue weighted by Gasteiger charge is 2.22. The Morgan fingerprint density at radius 3 is 2.50 bits per heavy atom. The summed E-state index contributed by atoms with van der Waals surface area (Å²) in [4.78, 5) is 10.4. The molecule has 1 atom stereocenters. The predicted molar refractivity (Wildman–Crippen MR) is 93.2 cm³/mol. The zero-order chi connectivity index (χ0) is 15.5. The molecule has 6 heteroatoms. The van der Waals surface area contributed by atoms with Crippen molar-refractivity contribution in [2.75, 3.05) is 31.9 Å². The number of hydrogen-bond acceptors (Lipinski definition) is 5. The van der Waals surface area contributed by atoms with Crippen LogP contribution >= 0.6 is 22.9 Å². The third-order valence-corrected chi connectivity index (χ3v) is 5.32. The van der Waals surface area contributed by atoms with Crippen LogP contribution in [0.4, 0.5) is 5.13 Å². The van der Waals surface area contributed by atoms with Gasteiger partial charge in [-0.2, -0.15) is 0 Å². The van der Waals surface area contributed by atoms with Crippen molar-refractivity contribution >= 4 is 28.1 Å². The van der Waals surface area contributed by atoms with E-state index in [4.69, 9.17) is 17.3 Å². The fourth-order valence-electron chi connectivity index (χ4n) is 2.88. The van der Waals surface area contributed by atoms with Crippen LogP contribution in [0.2, 0.25) is 5.02 Å². The Hall–Kier alpha value is -1.14. The quantitative estimate of drug-likeness (QED) is 0.930. The Morgan fingerprint density at radius 1 is 1.23 bits per heavy atom. The van der Waals surface area contributed by atoms with Crippen LogP contribution in [0.3, 0.4) is 0 Å². The summed E-state index contributed by atoms with van der Waals surface area (Å²) in [6, 6.07) is 8.62. The van der Waals surface area contributed by atoms with E-state index in [1.807, 2.05) is 18.3 Å². The molecule has 22 heavy (non-hydrogen) atoms. The van der Waals surface area contributed by atoms with Gasteiger partial charge in [0.15, 0.2) is 5.13 Å². The fourth-order valence-corrected chi connectivity index (χ4v) is 3.73. The third kappa shape index (κ3) is 3.79. The lowest BCUT2D eigenvalue weighted by molar-refractivity contribution is 0.0984. The number of aromatic nitrogens is 1. The van der Waals surface area contributed by atoms with E-state index in [1.165, 1.54) is 10.4 Å². The normalized spacial score (nSPS) is 18.5. The van der Waals surface area contributed by atoms with Gasteiger partial charge in [0, 0.05) is 54.9 Å². The zero-order valence-corrected chi connectivity index (χ0v) is 14.3. The number of thiazole rings is 1. The summed E-state index contributed by atoms with van der Waals surface area (Å²) >= 11 is 7.55. The number of halogens is 1. The van der Waals surface area contributed by atoms with Gasteiger partial charge in [-0.05, 0) is 24.6 Å². The van der Waals surface area contributed by atoms with Crippen molar-refractivity contribution in [3.63, 3.8) is 0 Å². The number of nitrogens with zero attached hydrogens (tertiary/aromatic N) is 3. The molecule has 2 heterocycles. The zero-order valence-electron chi connectivity index (χ0n) is 12.7. The van der Waals surface area contributed by atoms with Crippen LogP contribution in [0.1, 0.15) is 23.4 Å². The molecule has 3 rings (SSSR count). The maximum absolute atomic E-state index is 5.97. The van der Waals surface area contributed by atoms with Crippen LogP contribution < -0.4 is 5.73 Å². The van der Waals surface area contributed by atoms with E-state index in [2.05, 4.69) is 33.8 Å². The van der Waals surface area contributed by atoms with Crippen LogP contribution in [0.25, 0.3) is 0 Å². The smallest absolute Gasteiger partial charge is 0.180 e. The van der Waals surface area contributed by atoms with Crippen molar-refractivity contribution in [3.8, 4) is 0 Å². The number of rotatable bonds is 4. The summed E-state index contributed by atoms with van der Waals surface area (Å²) in [6.45, 7) is 7.54. The molecule has 1 saturated heterocycles. The van der Waals surface area contributed by atoms with Gasteiger partial charge in [0.25, 0.3) is 0 Å². The molecule has 0 spiro atoms. The minimum atomic E-state index is 0.429. The van der Waals surface area contributed by atoms with Gasteiger partial charge in [-0.1, -0.05) is 23.7 Å². The molecule has 0 bridgehead atoms. The fraction of sp³-hybridized carbons (Fsp3) is 0.438. The summed E-state index contributed by atoms with van der Waals surface area (Å²) in [6.07, 6.45) is 1.89. The molecule has 0 saturated carbocycles. The highest BCUT2D eigenvalue weighted by molar-refractivity contribution is 7.15. The molecule has 1 unspecified atom stereocenters. The molecule has 2 aromatic rings. The van der Waals surface area contributed by atoms with Crippen LogP contribution in [0.5, 0.6) is 0 Å². The van der Waals surface area contributed by atoms with Gasteiger partial charge < -0.3 is 5.73 Å². The maximum Gasteiger partial charge on any atom is 0.180 e. The summed E-state index contributed by atoms with van der Waals surface area (Å²) < 4.78 is 0. The van der Waals surface area contributed by atoms with E-state index in [9.17, 15) is 0 Å². The SMILES string of the molecule is CC(c1ccc(Cl)cc1)N1CCN(Cc2cnc(N)s2)CC1. The Morgan fingerprint density at radius 2 is 1.91 bits per heavy atom. The topological polar surface area (TPSA) is 45.4 Å². The lowest BCUT2D eigenvalue weighted by atomic mass is 10.1. The minimum absolute atomic E-state index is 0.429. The minimum Gasteiger partial charge on any atom is -0.375 e. The summed E-state index contributed by atoms with van der Waals surface area (Å²) in [5.74, 6) is 0. The number of anilines is 1. The monoisotopic (exact) mass is 336 g/mol. The van der Waals surface area contributed by atoms with Crippen molar-refractivity contribution < 1.29 is 0 Å². The summed E-state index contributed by atoms with van der Waals surface area (Å²) in [5, 5.41) is 1.45. The van der Waals surface area contributed by atoms with Gasteiger partial charge in [-0.3, -0.25) is 9.80 Å². The molecule has 1 aromatic heterocycles. The first-order valence-electron chi connectivity index (χ1n) is 7.54. The predicted octanol–water partition coefficient (Wildman–Crippen LogP) is 3.26. The Kier molecular flexibility index (Phi) is 4.98. The van der Waals surface area contributed by atoms with E-state index >= 15 is 0 Å². The molecule has 1 aromatic carbocycles. The molecule has 0 aliphatic carbocycles. The van der Waals surface area contributed by atoms with E-state index in [1.54, 1.807) is 11.3 Å². The van der Waals surface area contributed by atoms with E-state index in [0.29, 0.717) is 11.2 Å². The van der Waals surface area contributed by atoms with Gasteiger partial charge in [0.05, 0.1) is 0 Å². The number of hydrogen-bond donors (Lipinski definition) is 1. The molecule has 2 N–H and O–H groups in total. The van der Waals surface area contributed by atoms with Crippen LogP contribution in [0.15, 0.2) is 30.5 Å². The van der Waals surface area contributed by atoms with Gasteiger partial charge in [0.1, 0.15) is 0 Å². The first-order valence-corrected chi connectivity index (χ1v) is 8.73. The maximum atomic E-state index is 5.97. The number of benzene rings is 1. The Balaban J connectivity index is 1.53. The van der Waals surface area contributed by atoms with Crippen molar-refractivity contribution in [1.29, 1.82) is 0 Å².